The number of fused-ring (bicyclic) bond motifs is 1. The highest BCUT2D eigenvalue weighted by atomic mass is 32.2. The number of unbranched alkanes of at least 4 members (excludes halogenated alkanes) is 3. The Morgan fingerprint density at radius 2 is 1.72 bits per heavy atom. The van der Waals surface area contributed by atoms with Crippen molar-refractivity contribution in [2.75, 3.05) is 20.7 Å². The van der Waals surface area contributed by atoms with Crippen LogP contribution in [0.4, 0.5) is 0 Å². The number of methoxy groups -OCH3 is 1. The molecule has 11 heteroatoms. The smallest absolute Gasteiger partial charge is 0.243 e. The van der Waals surface area contributed by atoms with Gasteiger partial charge in [0.05, 0.1) is 12.0 Å². The van der Waals surface area contributed by atoms with Gasteiger partial charge >= 0.3 is 0 Å². The molecule has 0 radical (unpaired) electrons. The molecular weight excluding hydrogens is 614 g/mol. The van der Waals surface area contributed by atoms with Crippen LogP contribution in [-0.4, -0.2) is 60.1 Å². The predicted molar refractivity (Wildman–Crippen MR) is 184 cm³/mol. The number of aromatic nitrogens is 3. The molecule has 1 atom stereocenters. The van der Waals surface area contributed by atoms with Crippen LogP contribution in [0.2, 0.25) is 0 Å². The van der Waals surface area contributed by atoms with E-state index in [9.17, 15) is 18.0 Å². The van der Waals surface area contributed by atoms with Crippen molar-refractivity contribution >= 4 is 32.7 Å². The van der Waals surface area contributed by atoms with E-state index in [1.54, 1.807) is 44.9 Å². The molecule has 10 nitrogen and oxygen atoms in total. The lowest BCUT2D eigenvalue weighted by Gasteiger charge is -2.22. The van der Waals surface area contributed by atoms with Gasteiger partial charge in [-0.1, -0.05) is 55.3 Å². The van der Waals surface area contributed by atoms with Gasteiger partial charge in [0.15, 0.2) is 0 Å². The number of rotatable bonds is 17. The molecule has 0 aliphatic heterocycles. The largest absolute Gasteiger partial charge is 0.494 e. The van der Waals surface area contributed by atoms with Gasteiger partial charge < -0.3 is 10.1 Å². The van der Waals surface area contributed by atoms with Gasteiger partial charge in [-0.2, -0.15) is 4.31 Å². The van der Waals surface area contributed by atoms with Crippen molar-refractivity contribution in [2.45, 2.75) is 83.1 Å². The van der Waals surface area contributed by atoms with Crippen LogP contribution in [-0.2, 0) is 39.6 Å². The number of nitrogens with one attached hydrogen (secondary N) is 1. The van der Waals surface area contributed by atoms with Crippen LogP contribution in [0.15, 0.2) is 59.5 Å². The minimum absolute atomic E-state index is 0.0378. The molecule has 3 aromatic carbocycles. The number of benzene rings is 3. The number of amides is 1. The summed E-state index contributed by atoms with van der Waals surface area (Å²) in [5, 5.41) is 11.3. The standard InChI is InChI=1S/C36H47N5O5S/c1-7-35(43)37-19-11-9-8-10-12-27-14-17-31(18-15-27)47(44,45)40(4)24-30-21-28(16-13-25(30)2)32(20-26(3)42)29-22-33-36(34(23-29)46-6)41(5)39-38-33/h13-18,21-23,32H,7-12,19-20,24H2,1-6H3,(H,37,43)/t32-/m0/s1. The van der Waals surface area contributed by atoms with Crippen molar-refractivity contribution in [2.24, 2.45) is 7.05 Å². The molecule has 0 spiro atoms. The Morgan fingerprint density at radius 3 is 2.40 bits per heavy atom. The van der Waals surface area contributed by atoms with E-state index in [2.05, 4.69) is 15.6 Å². The first-order valence-corrected chi connectivity index (χ1v) is 17.7. The van der Waals surface area contributed by atoms with Crippen LogP contribution >= 0.6 is 0 Å². The molecule has 0 fully saturated rings. The molecule has 252 valence electrons. The van der Waals surface area contributed by atoms with E-state index < -0.39 is 10.0 Å². The molecule has 1 N–H and O–H groups in total. The van der Waals surface area contributed by atoms with E-state index in [0.717, 1.165) is 65.4 Å². The van der Waals surface area contributed by atoms with E-state index in [0.29, 0.717) is 24.2 Å². The van der Waals surface area contributed by atoms with Crippen LogP contribution in [0, 0.1) is 6.92 Å². The molecule has 4 aromatic rings. The maximum Gasteiger partial charge on any atom is 0.243 e. The highest BCUT2D eigenvalue weighted by Crippen LogP contribution is 2.35. The summed E-state index contributed by atoms with van der Waals surface area (Å²) >= 11 is 0. The van der Waals surface area contributed by atoms with Gasteiger partial charge in [-0.3, -0.25) is 9.59 Å². The van der Waals surface area contributed by atoms with Crippen LogP contribution in [0.1, 0.15) is 86.1 Å². The second kappa shape index (κ2) is 16.1. The third-order valence-electron chi connectivity index (χ3n) is 8.64. The maximum absolute atomic E-state index is 13.6. The fourth-order valence-corrected chi connectivity index (χ4v) is 6.97. The summed E-state index contributed by atoms with van der Waals surface area (Å²) in [5.41, 5.74) is 6.15. The number of hydrogen-bond acceptors (Lipinski definition) is 7. The van der Waals surface area contributed by atoms with E-state index in [4.69, 9.17) is 4.74 Å². The lowest BCUT2D eigenvalue weighted by molar-refractivity contribution is -0.120. The number of carbonyl (C=O) groups is 2. The van der Waals surface area contributed by atoms with Crippen LogP contribution in [0.5, 0.6) is 5.75 Å². The van der Waals surface area contributed by atoms with Gasteiger partial charge in [0.2, 0.25) is 15.9 Å². The predicted octanol–water partition coefficient (Wildman–Crippen LogP) is 5.85. The monoisotopic (exact) mass is 661 g/mol. The SMILES string of the molecule is CCC(=O)NCCCCCCc1ccc(S(=O)(=O)N(C)Cc2cc([C@H](CC(C)=O)c3cc(OC)c4c(c3)nnn4C)ccc2C)cc1. The summed E-state index contributed by atoms with van der Waals surface area (Å²) in [6.07, 6.45) is 5.73. The van der Waals surface area contributed by atoms with Crippen molar-refractivity contribution in [3.05, 3.63) is 82.4 Å². The summed E-state index contributed by atoms with van der Waals surface area (Å²) < 4.78 is 35.9. The van der Waals surface area contributed by atoms with E-state index >= 15 is 0 Å². The molecule has 1 heterocycles. The number of Topliss-reactive ketones (excluding diaryl/α,β-unsaturated/α-hetero) is 1. The highest BCUT2D eigenvalue weighted by Gasteiger charge is 2.24. The average Bonchev–Trinajstić information content (AvgIpc) is 3.44. The Morgan fingerprint density at radius 1 is 1.00 bits per heavy atom. The molecule has 0 saturated heterocycles. The molecular formula is C36H47N5O5S. The van der Waals surface area contributed by atoms with Crippen molar-refractivity contribution < 1.29 is 22.7 Å². The van der Waals surface area contributed by atoms with Gasteiger partial charge in [0, 0.05) is 45.9 Å². The summed E-state index contributed by atoms with van der Waals surface area (Å²) in [6, 6.07) is 17.0. The average molecular weight is 662 g/mol. The Kier molecular flexibility index (Phi) is 12.3. The van der Waals surface area contributed by atoms with Crippen molar-refractivity contribution in [3.63, 3.8) is 0 Å². The van der Waals surface area contributed by atoms with E-state index in [1.165, 1.54) is 4.31 Å². The third kappa shape index (κ3) is 9.04. The molecule has 1 amide bonds. The molecule has 0 unspecified atom stereocenters. The second-order valence-corrected chi connectivity index (χ2v) is 14.3. The molecule has 0 aliphatic rings. The zero-order valence-corrected chi connectivity index (χ0v) is 29.2. The van der Waals surface area contributed by atoms with Crippen molar-refractivity contribution in [1.29, 1.82) is 0 Å². The minimum Gasteiger partial charge on any atom is -0.494 e. The van der Waals surface area contributed by atoms with Crippen LogP contribution < -0.4 is 10.1 Å². The van der Waals surface area contributed by atoms with Crippen molar-refractivity contribution in [3.8, 4) is 5.75 Å². The zero-order chi connectivity index (χ0) is 34.1. The van der Waals surface area contributed by atoms with E-state index in [1.807, 2.05) is 56.3 Å². The van der Waals surface area contributed by atoms with Gasteiger partial charge in [-0.25, -0.2) is 13.1 Å². The van der Waals surface area contributed by atoms with Gasteiger partial charge in [0.1, 0.15) is 22.6 Å². The number of aryl methyl sites for hydroxylation is 3. The Balaban J connectivity index is 1.46. The lowest BCUT2D eigenvalue weighted by atomic mass is 9.85. The number of carbonyl (C=O) groups excluding carboxylic acids is 2. The molecule has 4 rings (SSSR count). The Bertz CT molecular complexity index is 1800. The molecule has 47 heavy (non-hydrogen) atoms. The number of sulfonamides is 1. The number of nitrogens with zero attached hydrogens (tertiary/aromatic N) is 4. The Labute approximate surface area is 278 Å². The molecule has 0 bridgehead atoms. The topological polar surface area (TPSA) is 123 Å². The first-order chi connectivity index (χ1) is 22.4. The summed E-state index contributed by atoms with van der Waals surface area (Å²) in [6.45, 7) is 6.28. The Hall–Kier alpha value is -4.09. The first kappa shape index (κ1) is 35.8. The maximum atomic E-state index is 13.6. The molecule has 0 saturated carbocycles. The van der Waals surface area contributed by atoms with Gasteiger partial charge in [-0.15, -0.1) is 5.10 Å². The second-order valence-electron chi connectivity index (χ2n) is 12.2. The first-order valence-electron chi connectivity index (χ1n) is 16.2. The summed E-state index contributed by atoms with van der Waals surface area (Å²) in [5.74, 6) is 0.471. The fourth-order valence-electron chi connectivity index (χ4n) is 5.82. The number of ether oxygens (including phenoxy) is 1. The van der Waals surface area contributed by atoms with Gasteiger partial charge in [-0.05, 0) is 85.2 Å². The normalized spacial score (nSPS) is 12.4. The van der Waals surface area contributed by atoms with Crippen LogP contribution in [0.25, 0.3) is 11.0 Å². The van der Waals surface area contributed by atoms with Gasteiger partial charge in [0.25, 0.3) is 0 Å². The number of hydrogen-bond donors (Lipinski definition) is 1. The highest BCUT2D eigenvalue weighted by molar-refractivity contribution is 7.89. The van der Waals surface area contributed by atoms with Crippen molar-refractivity contribution in [1.82, 2.24) is 24.6 Å². The lowest BCUT2D eigenvalue weighted by Crippen LogP contribution is -2.27. The zero-order valence-electron chi connectivity index (χ0n) is 28.4. The fraction of sp³-hybridized carbons (Fsp3) is 0.444. The molecule has 0 aliphatic carbocycles. The summed E-state index contributed by atoms with van der Waals surface area (Å²) in [7, 11) is 1.26. The summed E-state index contributed by atoms with van der Waals surface area (Å²) in [4.78, 5) is 24.0. The quantitative estimate of drug-likeness (QED) is 0.141. The van der Waals surface area contributed by atoms with Crippen LogP contribution in [0.3, 0.4) is 0 Å². The molecule has 1 aromatic heterocycles. The minimum atomic E-state index is -3.74. The number of ketones is 1. The third-order valence-corrected chi connectivity index (χ3v) is 10.5. The van der Waals surface area contributed by atoms with E-state index in [-0.39, 0.29) is 35.5 Å².